The number of hydrogen-bond acceptors (Lipinski definition) is 5. The number of nitrogens with one attached hydrogen (secondary N) is 1. The molecular formula is C18H18N4O2S. The van der Waals surface area contributed by atoms with Gasteiger partial charge in [0.2, 0.25) is 5.91 Å². The van der Waals surface area contributed by atoms with Crippen LogP contribution >= 0.6 is 11.8 Å². The molecule has 2 aromatic rings. The molecule has 0 saturated heterocycles. The second kappa shape index (κ2) is 7.53. The van der Waals surface area contributed by atoms with Crippen LogP contribution in [0.1, 0.15) is 30.2 Å². The lowest BCUT2D eigenvalue weighted by Crippen LogP contribution is -2.36. The Morgan fingerprint density at radius 2 is 2.24 bits per heavy atom. The highest BCUT2D eigenvalue weighted by molar-refractivity contribution is 7.99. The van der Waals surface area contributed by atoms with Gasteiger partial charge in [0.05, 0.1) is 11.4 Å². The average molecular weight is 354 g/mol. The van der Waals surface area contributed by atoms with Gasteiger partial charge >= 0.3 is 0 Å². The van der Waals surface area contributed by atoms with Crippen LogP contribution in [0.4, 0.5) is 5.69 Å². The van der Waals surface area contributed by atoms with Crippen molar-refractivity contribution >= 4 is 23.4 Å². The van der Waals surface area contributed by atoms with Gasteiger partial charge in [-0.05, 0) is 30.9 Å². The number of aromatic amines is 1. The third-order valence-corrected chi connectivity index (χ3v) is 5.02. The highest BCUT2D eigenvalue weighted by Gasteiger charge is 2.22. The van der Waals surface area contributed by atoms with Crippen LogP contribution in [-0.4, -0.2) is 28.2 Å². The summed E-state index contributed by atoms with van der Waals surface area (Å²) in [6, 6.07) is 9.82. The van der Waals surface area contributed by atoms with Crippen LogP contribution < -0.4 is 10.5 Å². The summed E-state index contributed by atoms with van der Waals surface area (Å²) in [4.78, 5) is 33.2. The lowest BCUT2D eigenvalue weighted by molar-refractivity contribution is -0.116. The highest BCUT2D eigenvalue weighted by atomic mass is 32.2. The molecule has 0 aliphatic carbocycles. The quantitative estimate of drug-likeness (QED) is 0.672. The van der Waals surface area contributed by atoms with E-state index in [1.807, 2.05) is 31.2 Å². The van der Waals surface area contributed by atoms with E-state index in [-0.39, 0.29) is 17.2 Å². The summed E-state index contributed by atoms with van der Waals surface area (Å²) in [5.74, 6) is 0.175. The van der Waals surface area contributed by atoms with Gasteiger partial charge < -0.3 is 9.88 Å². The molecule has 1 amide bonds. The number of amides is 1. The molecule has 1 aliphatic rings. The van der Waals surface area contributed by atoms with Gasteiger partial charge in [-0.25, -0.2) is 4.98 Å². The fourth-order valence-electron chi connectivity index (χ4n) is 2.94. The van der Waals surface area contributed by atoms with Crippen molar-refractivity contribution in [3.8, 4) is 6.07 Å². The van der Waals surface area contributed by atoms with E-state index in [4.69, 9.17) is 5.26 Å². The number of hydrogen-bond donors (Lipinski definition) is 1. The molecule has 0 spiro atoms. The SMILES string of the molecule is CCc1nc(SCC(=O)N2CCCc3ccccc32)[nH]c(=O)c1C#N. The molecule has 1 N–H and O–H groups in total. The first-order valence-electron chi connectivity index (χ1n) is 8.18. The number of thioether (sulfide) groups is 1. The molecule has 3 rings (SSSR count). The van der Waals surface area contributed by atoms with E-state index in [0.29, 0.717) is 23.8 Å². The Labute approximate surface area is 149 Å². The summed E-state index contributed by atoms with van der Waals surface area (Å²) in [5, 5.41) is 9.40. The van der Waals surface area contributed by atoms with Crippen LogP contribution in [0.25, 0.3) is 0 Å². The van der Waals surface area contributed by atoms with Crippen LogP contribution in [0.5, 0.6) is 0 Å². The lowest BCUT2D eigenvalue weighted by Gasteiger charge is -2.29. The summed E-state index contributed by atoms with van der Waals surface area (Å²) in [6.45, 7) is 2.54. The van der Waals surface area contributed by atoms with Gasteiger partial charge in [-0.1, -0.05) is 36.9 Å². The fraction of sp³-hybridized carbons (Fsp3) is 0.333. The summed E-state index contributed by atoms with van der Waals surface area (Å²) in [7, 11) is 0. The van der Waals surface area contributed by atoms with Gasteiger partial charge in [-0.3, -0.25) is 9.59 Å². The number of nitrogens with zero attached hydrogens (tertiary/aromatic N) is 3. The van der Waals surface area contributed by atoms with Crippen molar-refractivity contribution in [1.29, 1.82) is 5.26 Å². The van der Waals surface area contributed by atoms with E-state index < -0.39 is 5.56 Å². The Kier molecular flexibility index (Phi) is 5.19. The van der Waals surface area contributed by atoms with E-state index in [1.165, 1.54) is 17.3 Å². The Bertz CT molecular complexity index is 901. The number of carbonyl (C=O) groups excluding carboxylic acids is 1. The monoisotopic (exact) mass is 354 g/mol. The summed E-state index contributed by atoms with van der Waals surface area (Å²) in [6.07, 6.45) is 2.42. The molecule has 1 aromatic carbocycles. The fourth-order valence-corrected chi connectivity index (χ4v) is 3.69. The number of H-pyrrole nitrogens is 1. The largest absolute Gasteiger partial charge is 0.311 e. The molecule has 1 aromatic heterocycles. The zero-order valence-corrected chi connectivity index (χ0v) is 14.7. The molecule has 1 aliphatic heterocycles. The minimum atomic E-state index is -0.451. The molecule has 0 radical (unpaired) electrons. The summed E-state index contributed by atoms with van der Waals surface area (Å²) >= 11 is 1.19. The zero-order valence-electron chi connectivity index (χ0n) is 13.9. The van der Waals surface area contributed by atoms with Gasteiger partial charge in [0, 0.05) is 12.2 Å². The normalized spacial score (nSPS) is 13.2. The predicted molar refractivity (Wildman–Crippen MR) is 96.8 cm³/mol. The third kappa shape index (κ3) is 3.59. The van der Waals surface area contributed by atoms with Crippen molar-refractivity contribution in [3.05, 3.63) is 51.4 Å². The first kappa shape index (κ1) is 17.2. The van der Waals surface area contributed by atoms with Gasteiger partial charge in [0.15, 0.2) is 5.16 Å². The number of aryl methyl sites for hydroxylation is 2. The number of carbonyl (C=O) groups is 1. The van der Waals surface area contributed by atoms with E-state index in [0.717, 1.165) is 18.5 Å². The number of rotatable bonds is 4. The molecule has 0 atom stereocenters. The van der Waals surface area contributed by atoms with Crippen LogP contribution in [0.2, 0.25) is 0 Å². The molecule has 6 nitrogen and oxygen atoms in total. The van der Waals surface area contributed by atoms with Gasteiger partial charge in [0.1, 0.15) is 11.6 Å². The first-order chi connectivity index (χ1) is 12.1. The first-order valence-corrected chi connectivity index (χ1v) is 9.17. The van der Waals surface area contributed by atoms with Crippen molar-refractivity contribution < 1.29 is 4.79 Å². The van der Waals surface area contributed by atoms with Crippen LogP contribution in [0, 0.1) is 11.3 Å². The van der Waals surface area contributed by atoms with E-state index in [1.54, 1.807) is 4.90 Å². The molecular weight excluding hydrogens is 336 g/mol. The predicted octanol–water partition coefficient (Wildman–Crippen LogP) is 2.28. The minimum Gasteiger partial charge on any atom is -0.311 e. The maximum Gasteiger partial charge on any atom is 0.269 e. The molecule has 0 saturated carbocycles. The van der Waals surface area contributed by atoms with Crippen molar-refractivity contribution in [2.45, 2.75) is 31.3 Å². The average Bonchev–Trinajstić information content (AvgIpc) is 2.65. The number of aromatic nitrogens is 2. The minimum absolute atomic E-state index is 0.0118. The molecule has 25 heavy (non-hydrogen) atoms. The summed E-state index contributed by atoms with van der Waals surface area (Å²) < 4.78 is 0. The second-order valence-electron chi connectivity index (χ2n) is 5.72. The Hall–Kier alpha value is -2.59. The molecule has 7 heteroatoms. The molecule has 0 fully saturated rings. The number of anilines is 1. The second-order valence-corrected chi connectivity index (χ2v) is 6.69. The number of para-hydroxylation sites is 1. The molecule has 0 bridgehead atoms. The van der Waals surface area contributed by atoms with Crippen LogP contribution in [0.15, 0.2) is 34.2 Å². The summed E-state index contributed by atoms with van der Waals surface area (Å²) in [5.41, 5.74) is 2.21. The third-order valence-electron chi connectivity index (χ3n) is 4.16. The molecule has 128 valence electrons. The standard InChI is InChI=1S/C18H18N4O2S/c1-2-14-13(10-19)17(24)21-18(20-14)25-11-16(23)22-9-5-7-12-6-3-4-8-15(12)22/h3-4,6,8H,2,5,7,9,11H2,1H3,(H,20,21,24). The number of benzene rings is 1. The maximum absolute atomic E-state index is 12.6. The van der Waals surface area contributed by atoms with E-state index in [2.05, 4.69) is 16.0 Å². The number of nitriles is 1. The molecule has 0 unspecified atom stereocenters. The Morgan fingerprint density at radius 3 is 3.00 bits per heavy atom. The van der Waals surface area contributed by atoms with Crippen molar-refractivity contribution in [2.24, 2.45) is 0 Å². The topological polar surface area (TPSA) is 89.8 Å². The van der Waals surface area contributed by atoms with Gasteiger partial charge in [-0.2, -0.15) is 5.26 Å². The van der Waals surface area contributed by atoms with E-state index in [9.17, 15) is 9.59 Å². The maximum atomic E-state index is 12.6. The number of fused-ring (bicyclic) bond motifs is 1. The van der Waals surface area contributed by atoms with Gasteiger partial charge in [-0.15, -0.1) is 0 Å². The smallest absolute Gasteiger partial charge is 0.269 e. The van der Waals surface area contributed by atoms with Crippen LogP contribution in [-0.2, 0) is 17.6 Å². The molecule has 2 heterocycles. The van der Waals surface area contributed by atoms with Crippen LogP contribution in [0.3, 0.4) is 0 Å². The van der Waals surface area contributed by atoms with Crippen molar-refractivity contribution in [2.75, 3.05) is 17.2 Å². The lowest BCUT2D eigenvalue weighted by atomic mass is 10.0. The van der Waals surface area contributed by atoms with E-state index >= 15 is 0 Å². The van der Waals surface area contributed by atoms with Gasteiger partial charge in [0.25, 0.3) is 5.56 Å². The Morgan fingerprint density at radius 1 is 1.44 bits per heavy atom. The van der Waals surface area contributed by atoms with Crippen molar-refractivity contribution in [1.82, 2.24) is 9.97 Å². The highest BCUT2D eigenvalue weighted by Crippen LogP contribution is 2.27. The zero-order chi connectivity index (χ0) is 17.8. The Balaban J connectivity index is 1.75. The van der Waals surface area contributed by atoms with Crippen molar-refractivity contribution in [3.63, 3.8) is 0 Å².